The van der Waals surface area contributed by atoms with Crippen molar-refractivity contribution in [1.29, 1.82) is 0 Å². The molecular formula is C16H9FN2OS. The van der Waals surface area contributed by atoms with Crippen LogP contribution in [0.4, 0.5) is 4.39 Å². The normalized spacial score (nSPS) is 11.3. The molecule has 0 fully saturated rings. The highest BCUT2D eigenvalue weighted by molar-refractivity contribution is 7.21. The van der Waals surface area contributed by atoms with E-state index in [-0.39, 0.29) is 11.6 Å². The quantitative estimate of drug-likeness (QED) is 0.565. The number of aromatic amines is 1. The maximum atomic E-state index is 13.2. The Morgan fingerprint density at radius 3 is 3.05 bits per heavy atom. The molecule has 0 aliphatic carbocycles. The number of carbonyl (C=O) groups is 1. The summed E-state index contributed by atoms with van der Waals surface area (Å²) in [4.78, 5) is 20.4. The minimum Gasteiger partial charge on any atom is -0.345 e. The van der Waals surface area contributed by atoms with Crippen LogP contribution < -0.4 is 0 Å². The summed E-state index contributed by atoms with van der Waals surface area (Å²) in [6.07, 6.45) is 3.35. The zero-order valence-electron chi connectivity index (χ0n) is 10.8. The van der Waals surface area contributed by atoms with E-state index < -0.39 is 0 Å². The predicted molar refractivity (Wildman–Crippen MR) is 81.3 cm³/mol. The van der Waals surface area contributed by atoms with Crippen molar-refractivity contribution in [2.24, 2.45) is 0 Å². The van der Waals surface area contributed by atoms with E-state index in [4.69, 9.17) is 0 Å². The van der Waals surface area contributed by atoms with Crippen LogP contribution in [0, 0.1) is 5.82 Å². The highest BCUT2D eigenvalue weighted by atomic mass is 32.1. The highest BCUT2D eigenvalue weighted by Gasteiger charge is 2.17. The van der Waals surface area contributed by atoms with Crippen LogP contribution in [-0.4, -0.2) is 15.8 Å². The van der Waals surface area contributed by atoms with Gasteiger partial charge in [0.05, 0.1) is 10.4 Å². The molecule has 0 radical (unpaired) electrons. The van der Waals surface area contributed by atoms with Gasteiger partial charge >= 0.3 is 0 Å². The Morgan fingerprint density at radius 2 is 2.14 bits per heavy atom. The van der Waals surface area contributed by atoms with Crippen LogP contribution in [-0.2, 0) is 0 Å². The summed E-state index contributed by atoms with van der Waals surface area (Å²) >= 11 is 1.30. The SMILES string of the molecule is O=C(c1cc2ccc(F)cc2s1)c1c[nH]c2ncccc12. The average Bonchev–Trinajstić information content (AvgIpc) is 3.09. The maximum Gasteiger partial charge on any atom is 0.205 e. The number of ketones is 1. The van der Waals surface area contributed by atoms with Gasteiger partial charge in [0.1, 0.15) is 11.5 Å². The zero-order chi connectivity index (χ0) is 14.4. The van der Waals surface area contributed by atoms with Crippen molar-refractivity contribution in [1.82, 2.24) is 9.97 Å². The zero-order valence-corrected chi connectivity index (χ0v) is 11.6. The van der Waals surface area contributed by atoms with E-state index in [1.165, 1.54) is 23.5 Å². The summed E-state index contributed by atoms with van der Waals surface area (Å²) < 4.78 is 14.0. The van der Waals surface area contributed by atoms with E-state index in [1.807, 2.05) is 6.07 Å². The van der Waals surface area contributed by atoms with Gasteiger partial charge in [0.15, 0.2) is 0 Å². The van der Waals surface area contributed by atoms with E-state index in [0.29, 0.717) is 16.1 Å². The van der Waals surface area contributed by atoms with Gasteiger partial charge in [-0.2, -0.15) is 0 Å². The van der Waals surface area contributed by atoms with Crippen LogP contribution in [0.15, 0.2) is 48.8 Å². The average molecular weight is 296 g/mol. The monoisotopic (exact) mass is 296 g/mol. The third-order valence-corrected chi connectivity index (χ3v) is 4.50. The van der Waals surface area contributed by atoms with Crippen molar-refractivity contribution in [3.63, 3.8) is 0 Å². The molecule has 5 heteroatoms. The number of pyridine rings is 1. The number of rotatable bonds is 2. The van der Waals surface area contributed by atoms with Crippen molar-refractivity contribution in [2.45, 2.75) is 0 Å². The van der Waals surface area contributed by atoms with Gasteiger partial charge in [0.2, 0.25) is 5.78 Å². The summed E-state index contributed by atoms with van der Waals surface area (Å²) in [6, 6.07) is 10.0. The highest BCUT2D eigenvalue weighted by Crippen LogP contribution is 2.29. The van der Waals surface area contributed by atoms with Crippen molar-refractivity contribution >= 4 is 38.2 Å². The number of thiophene rings is 1. The second-order valence-electron chi connectivity index (χ2n) is 4.72. The van der Waals surface area contributed by atoms with Gasteiger partial charge in [-0.15, -0.1) is 11.3 Å². The first-order chi connectivity index (χ1) is 10.2. The molecule has 0 amide bonds. The maximum absolute atomic E-state index is 13.2. The lowest BCUT2D eigenvalue weighted by atomic mass is 10.1. The smallest absolute Gasteiger partial charge is 0.205 e. The first-order valence-corrected chi connectivity index (χ1v) is 7.20. The van der Waals surface area contributed by atoms with Crippen molar-refractivity contribution < 1.29 is 9.18 Å². The molecule has 0 aliphatic heterocycles. The molecule has 0 aliphatic rings. The minimum atomic E-state index is -0.292. The molecule has 4 aromatic rings. The Morgan fingerprint density at radius 1 is 1.24 bits per heavy atom. The molecule has 0 bridgehead atoms. The summed E-state index contributed by atoms with van der Waals surface area (Å²) in [5.41, 5.74) is 1.28. The summed E-state index contributed by atoms with van der Waals surface area (Å²) in [5, 5.41) is 1.67. The standard InChI is InChI=1S/C16H9FN2OS/c17-10-4-3-9-6-14(21-13(9)7-10)15(20)12-8-19-16-11(12)2-1-5-18-16/h1-8H,(H,18,19). The molecular weight excluding hydrogens is 287 g/mol. The molecule has 21 heavy (non-hydrogen) atoms. The minimum absolute atomic E-state index is 0.0733. The first kappa shape index (κ1) is 12.2. The molecule has 0 unspecified atom stereocenters. The molecule has 1 aromatic carbocycles. The fraction of sp³-hybridized carbons (Fsp3) is 0. The molecule has 0 spiro atoms. The number of benzene rings is 1. The Kier molecular flexibility index (Phi) is 2.62. The third kappa shape index (κ3) is 1.94. The fourth-order valence-corrected chi connectivity index (χ4v) is 3.44. The number of nitrogens with one attached hydrogen (secondary N) is 1. The van der Waals surface area contributed by atoms with Crippen LogP contribution >= 0.6 is 11.3 Å². The first-order valence-electron chi connectivity index (χ1n) is 6.38. The molecule has 4 rings (SSSR count). The van der Waals surface area contributed by atoms with Gasteiger partial charge < -0.3 is 4.98 Å². The topological polar surface area (TPSA) is 45.8 Å². The summed E-state index contributed by atoms with van der Waals surface area (Å²) in [5.74, 6) is -0.365. The van der Waals surface area contributed by atoms with E-state index >= 15 is 0 Å². The largest absolute Gasteiger partial charge is 0.345 e. The van der Waals surface area contributed by atoms with E-state index in [2.05, 4.69) is 9.97 Å². The van der Waals surface area contributed by atoms with Gasteiger partial charge in [-0.25, -0.2) is 9.37 Å². The van der Waals surface area contributed by atoms with Gasteiger partial charge in [-0.05, 0) is 35.7 Å². The molecule has 3 nitrogen and oxygen atoms in total. The van der Waals surface area contributed by atoms with Gasteiger partial charge in [-0.3, -0.25) is 4.79 Å². The second-order valence-corrected chi connectivity index (χ2v) is 5.81. The predicted octanol–water partition coefficient (Wildman–Crippen LogP) is 4.15. The lowest BCUT2D eigenvalue weighted by Gasteiger charge is -1.94. The van der Waals surface area contributed by atoms with Crippen LogP contribution in [0.3, 0.4) is 0 Å². The van der Waals surface area contributed by atoms with E-state index in [1.54, 1.807) is 30.6 Å². The Bertz CT molecular complexity index is 986. The molecule has 0 saturated carbocycles. The van der Waals surface area contributed by atoms with E-state index in [0.717, 1.165) is 15.5 Å². The third-order valence-electron chi connectivity index (χ3n) is 3.40. The molecule has 0 atom stereocenters. The van der Waals surface area contributed by atoms with Crippen molar-refractivity contribution in [3.05, 3.63) is 65.0 Å². The Hall–Kier alpha value is -2.53. The number of fused-ring (bicyclic) bond motifs is 2. The summed E-state index contributed by atoms with van der Waals surface area (Å²) in [7, 11) is 0. The number of halogens is 1. The van der Waals surface area contributed by atoms with Crippen LogP contribution in [0.1, 0.15) is 15.2 Å². The van der Waals surface area contributed by atoms with Gasteiger partial charge in [0.25, 0.3) is 0 Å². The molecule has 1 N–H and O–H groups in total. The number of H-pyrrole nitrogens is 1. The molecule has 3 heterocycles. The Labute approximate surface area is 123 Å². The number of aromatic nitrogens is 2. The van der Waals surface area contributed by atoms with Crippen LogP contribution in [0.25, 0.3) is 21.1 Å². The number of hydrogen-bond donors (Lipinski definition) is 1. The van der Waals surface area contributed by atoms with Crippen LogP contribution in [0.5, 0.6) is 0 Å². The molecule has 102 valence electrons. The van der Waals surface area contributed by atoms with Gasteiger partial charge in [-0.1, -0.05) is 6.07 Å². The van der Waals surface area contributed by atoms with Crippen LogP contribution in [0.2, 0.25) is 0 Å². The van der Waals surface area contributed by atoms with Crippen molar-refractivity contribution in [3.8, 4) is 0 Å². The van der Waals surface area contributed by atoms with Gasteiger partial charge in [0, 0.05) is 22.5 Å². The summed E-state index contributed by atoms with van der Waals surface area (Å²) in [6.45, 7) is 0. The lowest BCUT2D eigenvalue weighted by Crippen LogP contribution is -1.96. The second kappa shape index (κ2) is 4.49. The number of carbonyl (C=O) groups excluding carboxylic acids is 1. The number of nitrogens with zero attached hydrogens (tertiary/aromatic N) is 1. The number of hydrogen-bond acceptors (Lipinski definition) is 3. The van der Waals surface area contributed by atoms with Crippen molar-refractivity contribution in [2.75, 3.05) is 0 Å². The lowest BCUT2D eigenvalue weighted by molar-refractivity contribution is 0.104. The Balaban J connectivity index is 1.86. The fourth-order valence-electron chi connectivity index (χ4n) is 2.39. The molecule has 3 aromatic heterocycles. The van der Waals surface area contributed by atoms with E-state index in [9.17, 15) is 9.18 Å². The molecule has 0 saturated heterocycles.